The van der Waals surface area contributed by atoms with Gasteiger partial charge >= 0.3 is 5.97 Å². The Balaban J connectivity index is 1.55. The maximum atomic E-state index is 10.9. The molecule has 1 aliphatic rings. The standard InChI is InChI=1S/C13H15N3O4/c1-8(13(17)18)9-5-16(6-9)7-11-14-12(15-20-11)10-3-2-4-19-10/h2-4,8-9H,5-7H2,1H3,(H,17,18). The molecule has 0 aromatic carbocycles. The van der Waals surface area contributed by atoms with Gasteiger partial charge in [0, 0.05) is 13.1 Å². The second kappa shape index (κ2) is 5.09. The molecule has 2 aromatic heterocycles. The molecule has 0 bridgehead atoms. The fourth-order valence-corrected chi connectivity index (χ4v) is 2.27. The predicted molar refractivity (Wildman–Crippen MR) is 67.6 cm³/mol. The number of aliphatic carboxylic acids is 1. The molecule has 1 unspecified atom stereocenters. The van der Waals surface area contributed by atoms with Crippen molar-refractivity contribution in [3.63, 3.8) is 0 Å². The van der Waals surface area contributed by atoms with Gasteiger partial charge in [0.2, 0.25) is 11.7 Å². The Morgan fingerprint density at radius 3 is 3.05 bits per heavy atom. The summed E-state index contributed by atoms with van der Waals surface area (Å²) < 4.78 is 10.3. The molecule has 1 saturated heterocycles. The fourth-order valence-electron chi connectivity index (χ4n) is 2.27. The first-order valence-corrected chi connectivity index (χ1v) is 6.45. The third kappa shape index (κ3) is 2.44. The summed E-state index contributed by atoms with van der Waals surface area (Å²) >= 11 is 0. The van der Waals surface area contributed by atoms with Crippen LogP contribution in [0, 0.1) is 11.8 Å². The van der Waals surface area contributed by atoms with Gasteiger partial charge in [-0.2, -0.15) is 4.98 Å². The van der Waals surface area contributed by atoms with Gasteiger partial charge in [-0.25, -0.2) is 0 Å². The van der Waals surface area contributed by atoms with Crippen LogP contribution < -0.4 is 0 Å². The van der Waals surface area contributed by atoms with Crippen molar-refractivity contribution in [2.45, 2.75) is 13.5 Å². The number of likely N-dealkylation sites (tertiary alicyclic amines) is 1. The quantitative estimate of drug-likeness (QED) is 0.884. The lowest BCUT2D eigenvalue weighted by atomic mass is 9.87. The number of carboxylic acids is 1. The molecule has 1 atom stereocenters. The van der Waals surface area contributed by atoms with Gasteiger partial charge in [0.15, 0.2) is 5.76 Å². The number of hydrogen-bond donors (Lipinski definition) is 1. The van der Waals surface area contributed by atoms with E-state index in [1.807, 2.05) is 0 Å². The van der Waals surface area contributed by atoms with Crippen molar-refractivity contribution >= 4 is 5.97 Å². The molecule has 2 aromatic rings. The van der Waals surface area contributed by atoms with E-state index in [0.29, 0.717) is 24.0 Å². The topological polar surface area (TPSA) is 92.6 Å². The normalized spacial score (nSPS) is 17.9. The zero-order chi connectivity index (χ0) is 14.1. The van der Waals surface area contributed by atoms with E-state index < -0.39 is 5.97 Å². The Labute approximate surface area is 115 Å². The van der Waals surface area contributed by atoms with Crippen LogP contribution in [0.2, 0.25) is 0 Å². The summed E-state index contributed by atoms with van der Waals surface area (Å²) in [6.45, 7) is 3.76. The largest absolute Gasteiger partial charge is 0.481 e. The number of aromatic nitrogens is 2. The van der Waals surface area contributed by atoms with Crippen molar-refractivity contribution in [2.75, 3.05) is 13.1 Å². The molecule has 0 spiro atoms. The van der Waals surface area contributed by atoms with E-state index in [-0.39, 0.29) is 11.8 Å². The monoisotopic (exact) mass is 277 g/mol. The lowest BCUT2D eigenvalue weighted by molar-refractivity contribution is -0.145. The van der Waals surface area contributed by atoms with Gasteiger partial charge < -0.3 is 14.0 Å². The molecule has 106 valence electrons. The van der Waals surface area contributed by atoms with Gasteiger partial charge in [-0.3, -0.25) is 9.69 Å². The molecule has 3 heterocycles. The highest BCUT2D eigenvalue weighted by atomic mass is 16.5. The SMILES string of the molecule is CC(C(=O)O)C1CN(Cc2nc(-c3ccco3)no2)C1. The van der Waals surface area contributed by atoms with E-state index in [9.17, 15) is 4.79 Å². The van der Waals surface area contributed by atoms with Gasteiger partial charge in [-0.15, -0.1) is 0 Å². The first-order valence-electron chi connectivity index (χ1n) is 6.45. The van der Waals surface area contributed by atoms with E-state index >= 15 is 0 Å². The van der Waals surface area contributed by atoms with Crippen molar-refractivity contribution in [1.82, 2.24) is 15.0 Å². The Morgan fingerprint density at radius 1 is 1.60 bits per heavy atom. The molecule has 0 saturated carbocycles. The molecule has 1 fully saturated rings. The molecule has 7 nitrogen and oxygen atoms in total. The number of carbonyl (C=O) groups is 1. The summed E-state index contributed by atoms with van der Waals surface area (Å²) in [5.41, 5.74) is 0. The van der Waals surface area contributed by atoms with Gasteiger partial charge in [-0.05, 0) is 18.1 Å². The predicted octanol–water partition coefficient (Wildman–Crippen LogP) is 1.48. The van der Waals surface area contributed by atoms with Crippen LogP contribution in [-0.2, 0) is 11.3 Å². The average molecular weight is 277 g/mol. The number of carboxylic acid groups (broad SMARTS) is 1. The zero-order valence-electron chi connectivity index (χ0n) is 11.0. The van der Waals surface area contributed by atoms with E-state index in [4.69, 9.17) is 14.0 Å². The molecule has 0 radical (unpaired) electrons. The molecule has 7 heteroatoms. The molecular weight excluding hydrogens is 262 g/mol. The minimum atomic E-state index is -0.743. The second-order valence-corrected chi connectivity index (χ2v) is 5.07. The number of rotatable bonds is 5. The fraction of sp³-hybridized carbons (Fsp3) is 0.462. The van der Waals surface area contributed by atoms with Crippen LogP contribution in [0.5, 0.6) is 0 Å². The van der Waals surface area contributed by atoms with E-state index in [2.05, 4.69) is 15.0 Å². The van der Waals surface area contributed by atoms with Crippen LogP contribution in [0.15, 0.2) is 27.3 Å². The van der Waals surface area contributed by atoms with E-state index in [1.54, 1.807) is 25.3 Å². The van der Waals surface area contributed by atoms with Crippen LogP contribution in [0.4, 0.5) is 0 Å². The maximum Gasteiger partial charge on any atom is 0.306 e. The van der Waals surface area contributed by atoms with Crippen molar-refractivity contribution in [2.24, 2.45) is 11.8 Å². The number of nitrogens with zero attached hydrogens (tertiary/aromatic N) is 3. The van der Waals surface area contributed by atoms with Crippen molar-refractivity contribution < 1.29 is 18.8 Å². The van der Waals surface area contributed by atoms with Gasteiger partial charge in [0.25, 0.3) is 0 Å². The first-order chi connectivity index (χ1) is 9.63. The van der Waals surface area contributed by atoms with Crippen LogP contribution >= 0.6 is 0 Å². The second-order valence-electron chi connectivity index (χ2n) is 5.07. The summed E-state index contributed by atoms with van der Waals surface area (Å²) in [5, 5.41) is 12.8. The van der Waals surface area contributed by atoms with Crippen molar-refractivity contribution in [3.8, 4) is 11.6 Å². The third-order valence-corrected chi connectivity index (χ3v) is 3.65. The Kier molecular flexibility index (Phi) is 3.27. The van der Waals surface area contributed by atoms with Crippen LogP contribution in [-0.4, -0.2) is 39.2 Å². The molecule has 1 aliphatic heterocycles. The van der Waals surface area contributed by atoms with Crippen molar-refractivity contribution in [3.05, 3.63) is 24.3 Å². The molecule has 0 amide bonds. The van der Waals surface area contributed by atoms with Crippen molar-refractivity contribution in [1.29, 1.82) is 0 Å². The average Bonchev–Trinajstić information content (AvgIpc) is 3.02. The summed E-state index contributed by atoms with van der Waals surface area (Å²) in [7, 11) is 0. The first kappa shape index (κ1) is 12.9. The summed E-state index contributed by atoms with van der Waals surface area (Å²) in [5.74, 6) is 0.653. The molecular formula is C13H15N3O4. The van der Waals surface area contributed by atoms with Gasteiger partial charge in [0.05, 0.1) is 18.7 Å². The Morgan fingerprint density at radius 2 is 2.40 bits per heavy atom. The number of hydrogen-bond acceptors (Lipinski definition) is 6. The summed E-state index contributed by atoms with van der Waals surface area (Å²) in [6.07, 6.45) is 1.55. The highest BCUT2D eigenvalue weighted by molar-refractivity contribution is 5.70. The Bertz CT molecular complexity index is 587. The molecule has 20 heavy (non-hydrogen) atoms. The van der Waals surface area contributed by atoms with Crippen LogP contribution in [0.1, 0.15) is 12.8 Å². The van der Waals surface area contributed by atoms with E-state index in [1.165, 1.54) is 0 Å². The smallest absolute Gasteiger partial charge is 0.306 e. The van der Waals surface area contributed by atoms with Crippen LogP contribution in [0.25, 0.3) is 11.6 Å². The molecule has 3 rings (SSSR count). The minimum Gasteiger partial charge on any atom is -0.481 e. The molecule has 1 N–H and O–H groups in total. The third-order valence-electron chi connectivity index (χ3n) is 3.65. The highest BCUT2D eigenvalue weighted by Crippen LogP contribution is 2.25. The lowest BCUT2D eigenvalue weighted by Gasteiger charge is -2.40. The highest BCUT2D eigenvalue weighted by Gasteiger charge is 2.35. The minimum absolute atomic E-state index is 0.194. The summed E-state index contributed by atoms with van der Waals surface area (Å²) in [6, 6.07) is 3.53. The van der Waals surface area contributed by atoms with Gasteiger partial charge in [-0.1, -0.05) is 12.1 Å². The molecule has 0 aliphatic carbocycles. The lowest BCUT2D eigenvalue weighted by Crippen LogP contribution is -2.50. The number of furan rings is 1. The van der Waals surface area contributed by atoms with E-state index in [0.717, 1.165) is 13.1 Å². The Hall–Kier alpha value is -2.15. The van der Waals surface area contributed by atoms with Crippen LogP contribution in [0.3, 0.4) is 0 Å². The van der Waals surface area contributed by atoms with Gasteiger partial charge in [0.1, 0.15) is 0 Å². The maximum absolute atomic E-state index is 10.9. The summed E-state index contributed by atoms with van der Waals surface area (Å²) in [4.78, 5) is 17.2. The zero-order valence-corrected chi connectivity index (χ0v) is 11.0.